The predicted octanol–water partition coefficient (Wildman–Crippen LogP) is 1.76. The van der Waals surface area contributed by atoms with Gasteiger partial charge in [-0.15, -0.1) is 0 Å². The van der Waals surface area contributed by atoms with E-state index in [2.05, 4.69) is 10.1 Å². The second-order valence-corrected chi connectivity index (χ2v) is 6.24. The lowest BCUT2D eigenvalue weighted by Gasteiger charge is -2.07. The fraction of sp³-hybridized carbons (Fsp3) is 0.273. The molecule has 0 amide bonds. The Kier molecular flexibility index (Phi) is 4.07. The molecule has 0 fully saturated rings. The van der Waals surface area contributed by atoms with Gasteiger partial charge in [0.05, 0.1) is 5.69 Å². The van der Waals surface area contributed by atoms with Crippen LogP contribution in [0.3, 0.4) is 0 Å². The molecular weight excluding hydrogens is 336 g/mol. The van der Waals surface area contributed by atoms with Crippen LogP contribution in [-0.2, 0) is 17.2 Å². The molecule has 0 aliphatic rings. The summed E-state index contributed by atoms with van der Waals surface area (Å²) in [4.78, 5) is 13.5. The standard InChI is InChI=1S/C11H11ClN4O5S/c1-6-4-5-8(11(13-6)16(17)18)21-22(19,20)9-7(2)14-15(3)10(9)12/h4-5H,1-3H3. The topological polar surface area (TPSA) is 117 Å². The van der Waals surface area contributed by atoms with Gasteiger partial charge in [-0.3, -0.25) is 4.68 Å². The van der Waals surface area contributed by atoms with Crippen molar-refractivity contribution in [3.8, 4) is 5.75 Å². The molecule has 22 heavy (non-hydrogen) atoms. The van der Waals surface area contributed by atoms with Gasteiger partial charge < -0.3 is 14.3 Å². The Bertz CT molecular complexity index is 862. The summed E-state index contributed by atoms with van der Waals surface area (Å²) in [5.41, 5.74) is 0.474. The van der Waals surface area contributed by atoms with Crippen molar-refractivity contribution in [1.29, 1.82) is 0 Å². The number of aromatic nitrogens is 3. The normalized spacial score (nSPS) is 11.5. The molecule has 9 nitrogen and oxygen atoms in total. The average molecular weight is 347 g/mol. The van der Waals surface area contributed by atoms with Crippen molar-refractivity contribution < 1.29 is 17.5 Å². The van der Waals surface area contributed by atoms with Gasteiger partial charge in [-0.1, -0.05) is 11.6 Å². The Balaban J connectivity index is 2.52. The van der Waals surface area contributed by atoms with Crippen molar-refractivity contribution >= 4 is 27.5 Å². The largest absolute Gasteiger partial charge is 0.408 e. The van der Waals surface area contributed by atoms with Gasteiger partial charge in [0.1, 0.15) is 10.8 Å². The number of hydrogen-bond acceptors (Lipinski definition) is 7. The van der Waals surface area contributed by atoms with Gasteiger partial charge in [0.15, 0.2) is 4.90 Å². The van der Waals surface area contributed by atoms with Crippen molar-refractivity contribution in [2.24, 2.45) is 7.05 Å². The minimum absolute atomic E-state index is 0.121. The fourth-order valence-electron chi connectivity index (χ4n) is 1.78. The van der Waals surface area contributed by atoms with Crippen molar-refractivity contribution in [2.45, 2.75) is 18.7 Å². The van der Waals surface area contributed by atoms with Crippen LogP contribution in [0.4, 0.5) is 5.82 Å². The number of halogens is 1. The van der Waals surface area contributed by atoms with Gasteiger partial charge in [-0.05, 0) is 29.0 Å². The molecule has 0 aliphatic carbocycles. The summed E-state index contributed by atoms with van der Waals surface area (Å²) in [6.45, 7) is 2.97. The zero-order valence-corrected chi connectivity index (χ0v) is 13.3. The SMILES string of the molecule is Cc1ccc(OS(=O)(=O)c2c(C)nn(C)c2Cl)c([N+](=O)[O-])n1. The van der Waals surface area contributed by atoms with Crippen LogP contribution in [0.2, 0.25) is 5.15 Å². The summed E-state index contributed by atoms with van der Waals surface area (Å²) in [7, 11) is -2.92. The van der Waals surface area contributed by atoms with E-state index < -0.39 is 26.6 Å². The van der Waals surface area contributed by atoms with E-state index in [0.29, 0.717) is 5.69 Å². The van der Waals surface area contributed by atoms with Gasteiger partial charge in [0.2, 0.25) is 5.75 Å². The Morgan fingerprint density at radius 2 is 2.00 bits per heavy atom. The molecule has 2 heterocycles. The number of aryl methyl sites for hydroxylation is 3. The molecule has 118 valence electrons. The summed E-state index contributed by atoms with van der Waals surface area (Å²) in [5.74, 6) is -1.18. The zero-order valence-electron chi connectivity index (χ0n) is 11.8. The quantitative estimate of drug-likeness (QED) is 0.470. The minimum Gasteiger partial charge on any atom is -0.370 e. The van der Waals surface area contributed by atoms with E-state index in [1.165, 1.54) is 27.0 Å². The Hall–Kier alpha value is -2.20. The second kappa shape index (κ2) is 5.54. The summed E-state index contributed by atoms with van der Waals surface area (Å²) >= 11 is 5.88. The van der Waals surface area contributed by atoms with E-state index in [4.69, 9.17) is 15.8 Å². The molecule has 0 aliphatic heterocycles. The predicted molar refractivity (Wildman–Crippen MR) is 76.4 cm³/mol. The van der Waals surface area contributed by atoms with Gasteiger partial charge in [0.25, 0.3) is 0 Å². The van der Waals surface area contributed by atoms with Crippen LogP contribution in [0, 0.1) is 24.0 Å². The summed E-state index contributed by atoms with van der Waals surface area (Å²) in [6, 6.07) is 2.56. The number of rotatable bonds is 4. The van der Waals surface area contributed by atoms with Crippen LogP contribution in [0.5, 0.6) is 5.75 Å². The van der Waals surface area contributed by atoms with Gasteiger partial charge in [0, 0.05) is 14.0 Å². The van der Waals surface area contributed by atoms with Gasteiger partial charge >= 0.3 is 15.9 Å². The molecule has 2 aromatic rings. The highest BCUT2D eigenvalue weighted by molar-refractivity contribution is 7.87. The molecule has 2 rings (SSSR count). The molecule has 0 unspecified atom stereocenters. The third kappa shape index (κ3) is 2.88. The highest BCUT2D eigenvalue weighted by Crippen LogP contribution is 2.31. The van der Waals surface area contributed by atoms with Crippen LogP contribution >= 0.6 is 11.6 Å². The molecule has 2 aromatic heterocycles. The Labute approximate surface area is 130 Å². The van der Waals surface area contributed by atoms with E-state index >= 15 is 0 Å². The maximum atomic E-state index is 12.3. The van der Waals surface area contributed by atoms with Crippen LogP contribution < -0.4 is 4.18 Å². The Morgan fingerprint density at radius 1 is 1.36 bits per heavy atom. The number of nitro groups is 1. The summed E-state index contributed by atoms with van der Waals surface area (Å²) < 4.78 is 30.6. The first-order valence-electron chi connectivity index (χ1n) is 5.89. The lowest BCUT2D eigenvalue weighted by Crippen LogP contribution is -2.12. The molecule has 0 aromatic carbocycles. The monoisotopic (exact) mass is 346 g/mol. The van der Waals surface area contributed by atoms with Crippen LogP contribution in [0.1, 0.15) is 11.4 Å². The van der Waals surface area contributed by atoms with Crippen LogP contribution in [-0.4, -0.2) is 28.1 Å². The van der Waals surface area contributed by atoms with E-state index in [9.17, 15) is 18.5 Å². The van der Waals surface area contributed by atoms with Crippen LogP contribution in [0.15, 0.2) is 17.0 Å². The first-order chi connectivity index (χ1) is 10.1. The molecule has 0 saturated heterocycles. The fourth-order valence-corrected chi connectivity index (χ4v) is 3.43. The molecule has 0 bridgehead atoms. The molecule has 0 atom stereocenters. The summed E-state index contributed by atoms with van der Waals surface area (Å²) in [6.07, 6.45) is 0. The van der Waals surface area contributed by atoms with Crippen molar-refractivity contribution in [2.75, 3.05) is 0 Å². The smallest absolute Gasteiger partial charge is 0.370 e. The van der Waals surface area contributed by atoms with E-state index in [1.807, 2.05) is 0 Å². The molecule has 0 spiro atoms. The zero-order chi connectivity index (χ0) is 16.7. The van der Waals surface area contributed by atoms with Crippen molar-refractivity contribution in [3.05, 3.63) is 38.8 Å². The van der Waals surface area contributed by atoms with Crippen molar-refractivity contribution in [3.63, 3.8) is 0 Å². The van der Waals surface area contributed by atoms with E-state index in [-0.39, 0.29) is 15.7 Å². The number of nitrogens with zero attached hydrogens (tertiary/aromatic N) is 4. The highest BCUT2D eigenvalue weighted by atomic mass is 35.5. The first kappa shape index (κ1) is 16.2. The maximum absolute atomic E-state index is 12.3. The number of pyridine rings is 1. The maximum Gasteiger partial charge on any atom is 0.408 e. The third-order valence-corrected chi connectivity index (χ3v) is 4.63. The molecule has 0 radical (unpaired) electrons. The summed E-state index contributed by atoms with van der Waals surface area (Å²) in [5, 5.41) is 14.7. The number of hydrogen-bond donors (Lipinski definition) is 0. The average Bonchev–Trinajstić information content (AvgIpc) is 2.65. The Morgan fingerprint density at radius 3 is 2.50 bits per heavy atom. The highest BCUT2D eigenvalue weighted by Gasteiger charge is 2.30. The molecule has 11 heteroatoms. The van der Waals surface area contributed by atoms with Gasteiger partial charge in [-0.2, -0.15) is 13.5 Å². The lowest BCUT2D eigenvalue weighted by atomic mass is 10.3. The first-order valence-corrected chi connectivity index (χ1v) is 7.67. The molecule has 0 N–H and O–H groups in total. The van der Waals surface area contributed by atoms with E-state index in [1.54, 1.807) is 0 Å². The van der Waals surface area contributed by atoms with E-state index in [0.717, 1.165) is 10.7 Å². The van der Waals surface area contributed by atoms with Crippen LogP contribution in [0.25, 0.3) is 0 Å². The lowest BCUT2D eigenvalue weighted by molar-refractivity contribution is -0.390. The second-order valence-electron chi connectivity index (χ2n) is 4.40. The third-order valence-electron chi connectivity index (χ3n) is 2.70. The van der Waals surface area contributed by atoms with Gasteiger partial charge in [-0.25, -0.2) is 0 Å². The molecular formula is C11H11ClN4O5S. The van der Waals surface area contributed by atoms with Crippen molar-refractivity contribution in [1.82, 2.24) is 14.8 Å². The minimum atomic E-state index is -4.38. The molecule has 0 saturated carbocycles.